The molecule has 0 N–H and O–H groups in total. The van der Waals surface area contributed by atoms with Crippen molar-refractivity contribution in [3.63, 3.8) is 0 Å². The average Bonchev–Trinajstić information content (AvgIpc) is 2.49. The van der Waals surface area contributed by atoms with Crippen molar-refractivity contribution in [2.45, 2.75) is 29.9 Å². The number of hydroxylamine groups is 2. The fourth-order valence-electron chi connectivity index (χ4n) is 1.81. The molecule has 0 unspecified atom stereocenters. The van der Waals surface area contributed by atoms with Gasteiger partial charge in [-0.25, -0.2) is 8.42 Å². The molecule has 0 bridgehead atoms. The summed E-state index contributed by atoms with van der Waals surface area (Å²) in [6.07, 6.45) is 0. The van der Waals surface area contributed by atoms with Crippen LogP contribution in [0, 0.1) is 10.4 Å². The summed E-state index contributed by atoms with van der Waals surface area (Å²) in [5, 5.41) is 23.1. The van der Waals surface area contributed by atoms with Crippen LogP contribution in [0.25, 0.3) is 0 Å². The SMILES string of the molecule is CC1(C)[N+]([O-])=c2ccc(S(=O)(=O)C(F)(F)F)cc2=[N+]1[O-]. The van der Waals surface area contributed by atoms with Gasteiger partial charge in [0.25, 0.3) is 20.6 Å². The maximum Gasteiger partial charge on any atom is 0.501 e. The number of rotatable bonds is 1. The minimum absolute atomic E-state index is 0.175. The molecule has 110 valence electrons. The highest BCUT2D eigenvalue weighted by Crippen LogP contribution is 2.29. The van der Waals surface area contributed by atoms with Gasteiger partial charge in [0, 0.05) is 12.1 Å². The van der Waals surface area contributed by atoms with Crippen molar-refractivity contribution in [1.29, 1.82) is 0 Å². The van der Waals surface area contributed by atoms with Gasteiger partial charge in [0.1, 0.15) is 0 Å². The Hall–Kier alpha value is -1.84. The maximum absolute atomic E-state index is 12.4. The molecule has 1 aliphatic rings. The van der Waals surface area contributed by atoms with E-state index in [-0.39, 0.29) is 10.1 Å². The molecule has 20 heavy (non-hydrogen) atoms. The van der Waals surface area contributed by atoms with Gasteiger partial charge in [0.05, 0.1) is 18.7 Å². The molecule has 0 aliphatic carbocycles. The summed E-state index contributed by atoms with van der Waals surface area (Å²) < 4.78 is 60.4. The summed E-state index contributed by atoms with van der Waals surface area (Å²) in [6.45, 7) is 2.54. The van der Waals surface area contributed by atoms with Crippen LogP contribution in [0.4, 0.5) is 13.2 Å². The topological polar surface area (TPSA) is 86.3 Å². The molecule has 1 aromatic carbocycles. The van der Waals surface area contributed by atoms with E-state index in [0.717, 1.165) is 6.07 Å². The van der Waals surface area contributed by atoms with Crippen molar-refractivity contribution in [2.75, 3.05) is 0 Å². The second kappa shape index (κ2) is 3.84. The molecule has 0 spiro atoms. The van der Waals surface area contributed by atoms with E-state index in [1.807, 2.05) is 0 Å². The number of alkyl halides is 3. The van der Waals surface area contributed by atoms with E-state index in [9.17, 15) is 32.0 Å². The van der Waals surface area contributed by atoms with Crippen molar-refractivity contribution < 1.29 is 21.6 Å². The number of hydrogen-bond acceptors (Lipinski definition) is 4. The van der Waals surface area contributed by atoms with Crippen LogP contribution in [0.5, 0.6) is 0 Å². The average molecular weight is 310 g/mol. The van der Waals surface area contributed by atoms with E-state index in [1.54, 1.807) is 0 Å². The zero-order valence-corrected chi connectivity index (χ0v) is 11.1. The molecule has 0 fully saturated rings. The van der Waals surface area contributed by atoms with Gasteiger partial charge in [-0.05, 0) is 6.07 Å². The lowest BCUT2D eigenvalue weighted by Gasteiger charge is -2.17. The van der Waals surface area contributed by atoms with Crippen LogP contribution in [0.3, 0.4) is 0 Å². The summed E-state index contributed by atoms with van der Waals surface area (Å²) in [5.74, 6) is 0. The molecule has 1 aliphatic heterocycles. The van der Waals surface area contributed by atoms with Crippen molar-refractivity contribution in [1.82, 2.24) is 9.48 Å². The van der Waals surface area contributed by atoms with Crippen molar-refractivity contribution >= 4 is 9.84 Å². The molecule has 0 atom stereocenters. The van der Waals surface area contributed by atoms with Gasteiger partial charge in [-0.2, -0.15) is 13.2 Å². The van der Waals surface area contributed by atoms with Gasteiger partial charge in [-0.1, -0.05) is 0 Å². The molecule has 1 heterocycles. The summed E-state index contributed by atoms with van der Waals surface area (Å²) in [4.78, 5) is -1.07. The summed E-state index contributed by atoms with van der Waals surface area (Å²) in [6, 6.07) is 2.10. The molecule has 0 radical (unpaired) electrons. The summed E-state index contributed by atoms with van der Waals surface area (Å²) >= 11 is 0. The number of nitrogens with zero attached hydrogens (tertiary/aromatic N) is 2. The maximum atomic E-state index is 12.4. The van der Waals surface area contributed by atoms with Crippen LogP contribution in [0.15, 0.2) is 23.1 Å². The van der Waals surface area contributed by atoms with Gasteiger partial charge < -0.3 is 10.4 Å². The lowest BCUT2D eigenvalue weighted by Crippen LogP contribution is -2.46. The van der Waals surface area contributed by atoms with E-state index in [0.29, 0.717) is 16.9 Å². The van der Waals surface area contributed by atoms with Crippen LogP contribution in [-0.4, -0.2) is 19.6 Å². The molecule has 0 aromatic heterocycles. The lowest BCUT2D eigenvalue weighted by molar-refractivity contribution is -0.0436. The zero-order chi connectivity index (χ0) is 15.5. The smallest absolute Gasteiger partial charge is 0.501 e. The Labute approximate surface area is 111 Å². The van der Waals surface area contributed by atoms with E-state index in [4.69, 9.17) is 0 Å². The number of fused-ring (bicyclic) bond motifs is 1. The van der Waals surface area contributed by atoms with Crippen molar-refractivity contribution in [2.24, 2.45) is 0 Å². The minimum atomic E-state index is -5.56. The predicted molar refractivity (Wildman–Crippen MR) is 62.2 cm³/mol. The van der Waals surface area contributed by atoms with Crippen LogP contribution in [0.1, 0.15) is 13.8 Å². The largest absolute Gasteiger partial charge is 0.618 e. The fraction of sp³-hybridized carbons (Fsp3) is 0.400. The molecule has 1 aromatic rings. The number of sulfone groups is 1. The highest BCUT2D eigenvalue weighted by molar-refractivity contribution is 7.92. The van der Waals surface area contributed by atoms with Gasteiger partial charge in [0.2, 0.25) is 0 Å². The standard InChI is InChI=1S/C10H9F3N2O4S/c1-9(2)14(16)7-4-3-6(5-8(7)15(9)17)20(18,19)10(11,12)13/h3-5H,1-2H3. The Balaban J connectivity index is 2.83. The van der Waals surface area contributed by atoms with Crippen molar-refractivity contribution in [3.8, 4) is 0 Å². The Morgan fingerprint density at radius 3 is 2.10 bits per heavy atom. The van der Waals surface area contributed by atoms with Crippen LogP contribution in [-0.2, 0) is 9.84 Å². The first-order valence-corrected chi connectivity index (χ1v) is 6.79. The third-order valence-electron chi connectivity index (χ3n) is 2.99. The third kappa shape index (κ3) is 1.74. The molecule has 0 saturated heterocycles. The number of hydrogen-bond donors (Lipinski definition) is 0. The number of halogens is 3. The summed E-state index contributed by atoms with van der Waals surface area (Å²) in [7, 11) is -5.56. The second-order valence-electron chi connectivity index (χ2n) is 4.68. The molecular formula is C10H9F3N2O4S. The Kier molecular flexibility index (Phi) is 2.80. The normalized spacial score (nSPS) is 18.2. The Bertz CT molecular complexity index is 812. The van der Waals surface area contributed by atoms with Crippen LogP contribution in [0.2, 0.25) is 0 Å². The molecule has 6 nitrogen and oxygen atoms in total. The second-order valence-corrected chi connectivity index (χ2v) is 6.62. The monoisotopic (exact) mass is 310 g/mol. The first-order valence-electron chi connectivity index (χ1n) is 5.31. The lowest BCUT2D eigenvalue weighted by atomic mass is 10.3. The highest BCUT2D eigenvalue weighted by atomic mass is 32.2. The Morgan fingerprint density at radius 1 is 1.10 bits per heavy atom. The van der Waals surface area contributed by atoms with Gasteiger partial charge in [-0.3, -0.25) is 0 Å². The highest BCUT2D eigenvalue weighted by Gasteiger charge is 2.48. The third-order valence-corrected chi connectivity index (χ3v) is 4.48. The van der Waals surface area contributed by atoms with Gasteiger partial charge in [0.15, 0.2) is 0 Å². The first kappa shape index (κ1) is 14.6. The van der Waals surface area contributed by atoms with Crippen molar-refractivity contribution in [3.05, 3.63) is 39.3 Å². The van der Waals surface area contributed by atoms with Gasteiger partial charge in [-0.15, -0.1) is 9.48 Å². The first-order chi connectivity index (χ1) is 8.90. The van der Waals surface area contributed by atoms with Crippen LogP contribution >= 0.6 is 0 Å². The van der Waals surface area contributed by atoms with Crippen LogP contribution < -0.4 is 20.2 Å². The van der Waals surface area contributed by atoms with E-state index in [2.05, 4.69) is 0 Å². The molecular weight excluding hydrogens is 301 g/mol. The fourth-order valence-corrected chi connectivity index (χ4v) is 2.59. The Morgan fingerprint density at radius 2 is 1.60 bits per heavy atom. The van der Waals surface area contributed by atoms with E-state index < -0.39 is 31.3 Å². The van der Waals surface area contributed by atoms with Gasteiger partial charge >= 0.3 is 11.2 Å². The van der Waals surface area contributed by atoms with E-state index >= 15 is 0 Å². The minimum Gasteiger partial charge on any atom is -0.618 e. The quantitative estimate of drug-likeness (QED) is 0.527. The molecule has 10 heteroatoms. The summed E-state index contributed by atoms with van der Waals surface area (Å²) in [5.41, 5.74) is -7.02. The molecule has 0 amide bonds. The molecule has 2 rings (SSSR count). The predicted octanol–water partition coefficient (Wildman–Crippen LogP) is -0.292. The van der Waals surface area contributed by atoms with E-state index in [1.165, 1.54) is 13.8 Å². The number of benzene rings is 1. The molecule has 0 saturated carbocycles. The zero-order valence-electron chi connectivity index (χ0n) is 10.3.